The van der Waals surface area contributed by atoms with Gasteiger partial charge in [0.1, 0.15) is 5.52 Å². The zero-order valence-electron chi connectivity index (χ0n) is 12.3. The first-order valence-corrected chi connectivity index (χ1v) is 7.33. The molecule has 2 atom stereocenters. The van der Waals surface area contributed by atoms with Crippen molar-refractivity contribution in [3.05, 3.63) is 36.2 Å². The van der Waals surface area contributed by atoms with E-state index in [0.717, 1.165) is 0 Å². The number of rotatable bonds is 2. The molecule has 0 radical (unpaired) electrons. The van der Waals surface area contributed by atoms with Crippen LogP contribution in [0.2, 0.25) is 0 Å². The Kier molecular flexibility index (Phi) is 3.75. The molecule has 2 aromatic rings. The molecule has 0 unspecified atom stereocenters. The summed E-state index contributed by atoms with van der Waals surface area (Å²) in [5.41, 5.74) is 1.69. The van der Waals surface area contributed by atoms with E-state index in [1.807, 2.05) is 0 Å². The van der Waals surface area contributed by atoms with Crippen molar-refractivity contribution < 1.29 is 14.7 Å². The summed E-state index contributed by atoms with van der Waals surface area (Å²) >= 11 is 0. The summed E-state index contributed by atoms with van der Waals surface area (Å²) in [6, 6.07) is 4.97. The van der Waals surface area contributed by atoms with Crippen LogP contribution in [0.1, 0.15) is 30.1 Å². The molecule has 0 saturated carbocycles. The van der Waals surface area contributed by atoms with Crippen LogP contribution in [0.4, 0.5) is 0 Å². The van der Waals surface area contributed by atoms with E-state index in [4.69, 9.17) is 0 Å². The quantitative estimate of drug-likeness (QED) is 0.916. The third-order valence-corrected chi connectivity index (χ3v) is 4.30. The Bertz CT molecular complexity index is 726. The van der Waals surface area contributed by atoms with Crippen molar-refractivity contribution in [2.24, 2.45) is 5.92 Å². The van der Waals surface area contributed by atoms with E-state index < -0.39 is 11.9 Å². The monoisotopic (exact) mass is 299 g/mol. The molecule has 0 aliphatic carbocycles. The van der Waals surface area contributed by atoms with Gasteiger partial charge in [0.15, 0.2) is 0 Å². The molecule has 2 heterocycles. The predicted molar refractivity (Wildman–Crippen MR) is 80.4 cm³/mol. The molecule has 6 heteroatoms. The SMILES string of the molecule is C[C@@H]1[C@H](C(=O)O)CCCN1C(=O)c1cccc2nccnc12. The van der Waals surface area contributed by atoms with Gasteiger partial charge in [-0.15, -0.1) is 0 Å². The number of nitrogens with zero attached hydrogens (tertiary/aromatic N) is 3. The highest BCUT2D eigenvalue weighted by atomic mass is 16.4. The Balaban J connectivity index is 1.97. The van der Waals surface area contributed by atoms with Gasteiger partial charge in [-0.2, -0.15) is 0 Å². The number of carboxylic acid groups (broad SMARTS) is 1. The lowest BCUT2D eigenvalue weighted by Crippen LogP contribution is -2.49. The number of piperidine rings is 1. The van der Waals surface area contributed by atoms with Crippen LogP contribution in [0.5, 0.6) is 0 Å². The molecular formula is C16H17N3O3. The van der Waals surface area contributed by atoms with Crippen LogP contribution in [0.25, 0.3) is 11.0 Å². The zero-order valence-corrected chi connectivity index (χ0v) is 12.3. The molecule has 1 aromatic carbocycles. The molecule has 1 aliphatic rings. The number of likely N-dealkylation sites (tertiary alicyclic amines) is 1. The molecule has 6 nitrogen and oxygen atoms in total. The Morgan fingerprint density at radius 2 is 2.05 bits per heavy atom. The van der Waals surface area contributed by atoms with Gasteiger partial charge in [-0.05, 0) is 31.9 Å². The fourth-order valence-electron chi connectivity index (χ4n) is 3.08. The number of hydrogen-bond donors (Lipinski definition) is 1. The largest absolute Gasteiger partial charge is 0.481 e. The number of benzene rings is 1. The molecule has 1 saturated heterocycles. The van der Waals surface area contributed by atoms with E-state index in [1.54, 1.807) is 42.4 Å². The summed E-state index contributed by atoms with van der Waals surface area (Å²) in [7, 11) is 0. The second kappa shape index (κ2) is 5.71. The minimum absolute atomic E-state index is 0.176. The van der Waals surface area contributed by atoms with E-state index in [1.165, 1.54) is 0 Å². The van der Waals surface area contributed by atoms with E-state index in [2.05, 4.69) is 9.97 Å². The second-order valence-corrected chi connectivity index (χ2v) is 5.56. The number of aromatic nitrogens is 2. The molecule has 0 bridgehead atoms. The van der Waals surface area contributed by atoms with Crippen LogP contribution in [-0.4, -0.2) is 44.4 Å². The number of aliphatic carboxylic acids is 1. The maximum Gasteiger partial charge on any atom is 0.308 e. The summed E-state index contributed by atoms with van der Waals surface area (Å²) in [5.74, 6) is -1.54. The van der Waals surface area contributed by atoms with Crippen LogP contribution in [-0.2, 0) is 4.79 Å². The molecule has 114 valence electrons. The predicted octanol–water partition coefficient (Wildman–Crippen LogP) is 1.96. The standard InChI is InChI=1S/C16H17N3O3/c1-10-11(16(21)22)5-3-9-19(10)15(20)12-4-2-6-13-14(12)18-8-7-17-13/h2,4,6-8,10-11H,3,5,9H2,1H3,(H,21,22)/t10-,11-/m1/s1. The molecular weight excluding hydrogens is 282 g/mol. The van der Waals surface area contributed by atoms with Crippen LogP contribution >= 0.6 is 0 Å². The molecule has 3 rings (SSSR count). The first-order valence-electron chi connectivity index (χ1n) is 7.33. The van der Waals surface area contributed by atoms with Crippen LogP contribution in [0, 0.1) is 5.92 Å². The van der Waals surface area contributed by atoms with Crippen molar-refractivity contribution in [1.82, 2.24) is 14.9 Å². The molecule has 0 spiro atoms. The summed E-state index contributed by atoms with van der Waals surface area (Å²) in [5, 5.41) is 9.29. The maximum atomic E-state index is 12.9. The summed E-state index contributed by atoms with van der Waals surface area (Å²) in [6.45, 7) is 2.37. The number of carbonyl (C=O) groups is 2. The van der Waals surface area contributed by atoms with Gasteiger partial charge in [0.25, 0.3) is 5.91 Å². The van der Waals surface area contributed by atoms with Crippen LogP contribution < -0.4 is 0 Å². The van der Waals surface area contributed by atoms with Gasteiger partial charge in [-0.25, -0.2) is 0 Å². The van der Waals surface area contributed by atoms with Crippen molar-refractivity contribution >= 4 is 22.9 Å². The Hall–Kier alpha value is -2.50. The first kappa shape index (κ1) is 14.4. The van der Waals surface area contributed by atoms with Crippen molar-refractivity contribution in [3.8, 4) is 0 Å². The molecule has 1 amide bonds. The topological polar surface area (TPSA) is 83.4 Å². The minimum Gasteiger partial charge on any atom is -0.481 e. The van der Waals surface area contributed by atoms with Crippen LogP contribution in [0.15, 0.2) is 30.6 Å². The Labute approximate surface area is 127 Å². The lowest BCUT2D eigenvalue weighted by molar-refractivity contribution is -0.144. The molecule has 1 N–H and O–H groups in total. The normalized spacial score (nSPS) is 21.8. The highest BCUT2D eigenvalue weighted by Crippen LogP contribution is 2.26. The van der Waals surface area contributed by atoms with Crippen molar-refractivity contribution in [3.63, 3.8) is 0 Å². The average Bonchev–Trinajstić information content (AvgIpc) is 2.53. The van der Waals surface area contributed by atoms with Crippen LogP contribution in [0.3, 0.4) is 0 Å². The highest BCUT2D eigenvalue weighted by Gasteiger charge is 2.36. The Morgan fingerprint density at radius 3 is 2.82 bits per heavy atom. The average molecular weight is 299 g/mol. The van der Waals surface area contributed by atoms with E-state index in [-0.39, 0.29) is 11.9 Å². The fraction of sp³-hybridized carbons (Fsp3) is 0.375. The molecule has 22 heavy (non-hydrogen) atoms. The van der Waals surface area contributed by atoms with Gasteiger partial charge >= 0.3 is 5.97 Å². The van der Waals surface area contributed by atoms with Gasteiger partial charge in [0, 0.05) is 25.0 Å². The third kappa shape index (κ3) is 2.41. The van der Waals surface area contributed by atoms with Gasteiger partial charge in [0.2, 0.25) is 0 Å². The lowest BCUT2D eigenvalue weighted by Gasteiger charge is -2.37. The first-order chi connectivity index (χ1) is 10.6. The maximum absolute atomic E-state index is 12.9. The van der Waals surface area contributed by atoms with Crippen molar-refractivity contribution in [1.29, 1.82) is 0 Å². The highest BCUT2D eigenvalue weighted by molar-refractivity contribution is 6.04. The van der Waals surface area contributed by atoms with Crippen molar-refractivity contribution in [2.75, 3.05) is 6.54 Å². The summed E-state index contributed by atoms with van der Waals surface area (Å²) in [4.78, 5) is 34.3. The number of carboxylic acids is 1. The van der Waals surface area contributed by atoms with Gasteiger partial charge in [-0.1, -0.05) is 6.07 Å². The molecule has 1 aromatic heterocycles. The van der Waals surface area contributed by atoms with E-state index in [9.17, 15) is 14.7 Å². The number of fused-ring (bicyclic) bond motifs is 1. The number of para-hydroxylation sites is 1. The Morgan fingerprint density at radius 1 is 1.27 bits per heavy atom. The lowest BCUT2D eigenvalue weighted by atomic mass is 9.89. The van der Waals surface area contributed by atoms with Crippen molar-refractivity contribution in [2.45, 2.75) is 25.8 Å². The summed E-state index contributed by atoms with van der Waals surface area (Å²) in [6.07, 6.45) is 4.44. The number of amides is 1. The summed E-state index contributed by atoms with van der Waals surface area (Å²) < 4.78 is 0. The van der Waals surface area contributed by atoms with Gasteiger partial charge in [-0.3, -0.25) is 19.6 Å². The molecule has 1 aliphatic heterocycles. The van der Waals surface area contributed by atoms with Gasteiger partial charge in [0.05, 0.1) is 17.0 Å². The smallest absolute Gasteiger partial charge is 0.308 e. The minimum atomic E-state index is -0.845. The zero-order chi connectivity index (χ0) is 15.7. The van der Waals surface area contributed by atoms with E-state index in [0.29, 0.717) is 36.0 Å². The fourth-order valence-corrected chi connectivity index (χ4v) is 3.08. The third-order valence-electron chi connectivity index (χ3n) is 4.30. The van der Waals surface area contributed by atoms with Gasteiger partial charge < -0.3 is 10.0 Å². The second-order valence-electron chi connectivity index (χ2n) is 5.56. The molecule has 1 fully saturated rings. The van der Waals surface area contributed by atoms with E-state index >= 15 is 0 Å². The number of hydrogen-bond acceptors (Lipinski definition) is 4. The number of carbonyl (C=O) groups excluding carboxylic acids is 1.